The van der Waals surface area contributed by atoms with E-state index in [0.717, 1.165) is 17.5 Å². The van der Waals surface area contributed by atoms with E-state index < -0.39 is 18.7 Å². The van der Waals surface area contributed by atoms with E-state index in [1.165, 1.54) is 12.3 Å². The largest absolute Gasteiger partial charge is 0.408 e. The number of hydrogen-bond donors (Lipinski definition) is 0. The van der Waals surface area contributed by atoms with Gasteiger partial charge in [-0.1, -0.05) is 11.6 Å². The lowest BCUT2D eigenvalue weighted by atomic mass is 10.1. The number of pyridine rings is 1. The van der Waals surface area contributed by atoms with Crippen molar-refractivity contribution in [3.8, 4) is 0 Å². The molecule has 4 aromatic heterocycles. The Morgan fingerprint density at radius 3 is 2.75 bits per heavy atom. The summed E-state index contributed by atoms with van der Waals surface area (Å²) >= 11 is 6.08. The van der Waals surface area contributed by atoms with Gasteiger partial charge in [0.05, 0.1) is 5.52 Å². The fourth-order valence-corrected chi connectivity index (χ4v) is 3.81. The summed E-state index contributed by atoms with van der Waals surface area (Å²) in [5, 5.41) is 7.81. The van der Waals surface area contributed by atoms with Crippen LogP contribution in [0.2, 0.25) is 5.15 Å². The molecule has 6 nitrogen and oxygen atoms in total. The third kappa shape index (κ3) is 2.88. The normalized spacial score (nSPS) is 19.6. The number of alkyl halides is 3. The molecule has 2 unspecified atom stereocenters. The maximum absolute atomic E-state index is 13.9. The van der Waals surface area contributed by atoms with Gasteiger partial charge in [0.25, 0.3) is 5.95 Å². The number of halogens is 5. The number of fused-ring (bicyclic) bond motifs is 2. The van der Waals surface area contributed by atoms with E-state index in [0.29, 0.717) is 15.5 Å². The van der Waals surface area contributed by atoms with E-state index in [1.54, 1.807) is 23.0 Å². The molecule has 11 heteroatoms. The Morgan fingerprint density at radius 1 is 1.14 bits per heavy atom. The molecule has 0 aliphatic heterocycles. The summed E-state index contributed by atoms with van der Waals surface area (Å²) in [4.78, 5) is 8.30. The number of rotatable bonds is 3. The highest BCUT2D eigenvalue weighted by atomic mass is 35.5. The molecule has 28 heavy (non-hydrogen) atoms. The number of imidazole rings is 1. The average molecular weight is 411 g/mol. The molecule has 0 N–H and O–H groups in total. The van der Waals surface area contributed by atoms with Gasteiger partial charge in [-0.25, -0.2) is 14.5 Å². The minimum Gasteiger partial charge on any atom is -0.251 e. The molecule has 1 aliphatic rings. The van der Waals surface area contributed by atoms with Crippen LogP contribution in [-0.4, -0.2) is 35.5 Å². The van der Waals surface area contributed by atoms with Crippen LogP contribution in [0.1, 0.15) is 29.4 Å². The molecule has 5 rings (SSSR count). The zero-order chi connectivity index (χ0) is 19.6. The molecule has 2 atom stereocenters. The van der Waals surface area contributed by atoms with Crippen LogP contribution < -0.4 is 0 Å². The number of hydrogen-bond acceptors (Lipinski definition) is 4. The lowest BCUT2D eigenvalue weighted by molar-refractivity contribution is -0.142. The van der Waals surface area contributed by atoms with Gasteiger partial charge in [0.1, 0.15) is 17.2 Å². The summed E-state index contributed by atoms with van der Waals surface area (Å²) < 4.78 is 54.3. The summed E-state index contributed by atoms with van der Waals surface area (Å²) in [6.07, 6.45) is 1.04. The van der Waals surface area contributed by atoms with Crippen LogP contribution in [0.3, 0.4) is 0 Å². The highest BCUT2D eigenvalue weighted by Crippen LogP contribution is 2.55. The summed E-state index contributed by atoms with van der Waals surface area (Å²) in [7, 11) is 0. The first-order valence-corrected chi connectivity index (χ1v) is 8.76. The second-order valence-electron chi connectivity index (χ2n) is 6.77. The fourth-order valence-electron chi connectivity index (χ4n) is 3.61. The van der Waals surface area contributed by atoms with E-state index >= 15 is 0 Å². The van der Waals surface area contributed by atoms with Crippen LogP contribution in [-0.2, 0) is 6.54 Å². The molecular weight excluding hydrogens is 400 g/mol. The van der Waals surface area contributed by atoms with Gasteiger partial charge in [-0.3, -0.25) is 4.68 Å². The molecule has 144 valence electrons. The van der Waals surface area contributed by atoms with Crippen LogP contribution in [0, 0.1) is 5.95 Å². The summed E-state index contributed by atoms with van der Waals surface area (Å²) in [6.45, 7) is -1.37. The predicted molar refractivity (Wildman–Crippen MR) is 91.6 cm³/mol. The van der Waals surface area contributed by atoms with Crippen molar-refractivity contribution in [3.63, 3.8) is 0 Å². The minimum absolute atomic E-state index is 0.0214. The minimum atomic E-state index is -4.51. The molecule has 1 fully saturated rings. The van der Waals surface area contributed by atoms with E-state index in [9.17, 15) is 17.6 Å². The van der Waals surface area contributed by atoms with Gasteiger partial charge in [-0.2, -0.15) is 22.7 Å². The van der Waals surface area contributed by atoms with Gasteiger partial charge >= 0.3 is 6.18 Å². The van der Waals surface area contributed by atoms with E-state index in [-0.39, 0.29) is 22.9 Å². The van der Waals surface area contributed by atoms with Crippen molar-refractivity contribution < 1.29 is 17.6 Å². The lowest BCUT2D eigenvalue weighted by Gasteiger charge is -2.08. The Kier molecular flexibility index (Phi) is 3.64. The maximum Gasteiger partial charge on any atom is 0.408 e. The van der Waals surface area contributed by atoms with E-state index in [1.807, 2.05) is 0 Å². The Morgan fingerprint density at radius 2 is 1.96 bits per heavy atom. The third-order valence-corrected chi connectivity index (χ3v) is 5.06. The first-order valence-electron chi connectivity index (χ1n) is 8.38. The van der Waals surface area contributed by atoms with Crippen molar-refractivity contribution in [3.05, 3.63) is 53.0 Å². The molecule has 0 bridgehead atoms. The van der Waals surface area contributed by atoms with Crippen LogP contribution in [0.15, 0.2) is 30.7 Å². The zero-order valence-corrected chi connectivity index (χ0v) is 14.8. The second-order valence-corrected chi connectivity index (χ2v) is 7.15. The average Bonchev–Trinajstić information content (AvgIpc) is 3.18. The van der Waals surface area contributed by atoms with Crippen LogP contribution in [0.5, 0.6) is 0 Å². The van der Waals surface area contributed by atoms with Gasteiger partial charge in [0.2, 0.25) is 0 Å². The highest BCUT2D eigenvalue weighted by molar-refractivity contribution is 6.29. The number of aromatic nitrogens is 6. The Labute approximate surface area is 159 Å². The zero-order valence-electron chi connectivity index (χ0n) is 14.0. The van der Waals surface area contributed by atoms with Crippen LogP contribution in [0.4, 0.5) is 17.6 Å². The van der Waals surface area contributed by atoms with Crippen molar-refractivity contribution >= 4 is 28.3 Å². The third-order valence-electron chi connectivity index (χ3n) is 4.88. The van der Waals surface area contributed by atoms with Crippen LogP contribution in [0.25, 0.3) is 16.7 Å². The van der Waals surface area contributed by atoms with E-state index in [2.05, 4.69) is 20.2 Å². The van der Waals surface area contributed by atoms with Crippen molar-refractivity contribution in [2.45, 2.75) is 31.0 Å². The van der Waals surface area contributed by atoms with Gasteiger partial charge in [-0.05, 0) is 36.0 Å². The maximum atomic E-state index is 13.9. The fraction of sp³-hybridized carbons (Fsp3) is 0.294. The molecule has 4 heterocycles. The molecule has 0 saturated heterocycles. The first-order chi connectivity index (χ1) is 13.3. The molecule has 0 radical (unpaired) electrons. The van der Waals surface area contributed by atoms with Gasteiger partial charge < -0.3 is 0 Å². The second kappa shape index (κ2) is 5.87. The Balaban J connectivity index is 1.52. The Bertz CT molecular complexity index is 1210. The molecule has 0 amide bonds. The topological polar surface area (TPSA) is 60.9 Å². The molecule has 1 aliphatic carbocycles. The molecule has 1 saturated carbocycles. The van der Waals surface area contributed by atoms with Gasteiger partial charge in [0, 0.05) is 24.2 Å². The quantitative estimate of drug-likeness (QED) is 0.477. The highest BCUT2D eigenvalue weighted by Gasteiger charge is 2.42. The molecule has 4 aromatic rings. The summed E-state index contributed by atoms with van der Waals surface area (Å²) in [5.41, 5.74) is 2.16. The monoisotopic (exact) mass is 410 g/mol. The summed E-state index contributed by atoms with van der Waals surface area (Å²) in [6, 6.07) is 3.27. The lowest BCUT2D eigenvalue weighted by Crippen LogP contribution is -2.18. The van der Waals surface area contributed by atoms with E-state index in [4.69, 9.17) is 11.6 Å². The standard InChI is InChI=1S/C17H11ClF4N6/c18-13-5-11(16-23-1-2-27(16)25-13)10-4-9(10)8-3-12-14(24-6-8)15(19)26-28(12)7-17(20,21)22/h1-3,5-6,9-10H,4,7H2. The predicted octanol–water partition coefficient (Wildman–Crippen LogP) is 4.10. The van der Waals surface area contributed by atoms with Crippen LogP contribution >= 0.6 is 11.6 Å². The molecule has 0 aromatic carbocycles. The molecular formula is C17H11ClF4N6. The SMILES string of the molecule is Fc1nn(CC(F)(F)F)c2cc(C3CC3c3cc(Cl)nn4ccnc34)cnc12. The number of nitrogens with zero attached hydrogens (tertiary/aromatic N) is 6. The first kappa shape index (κ1) is 17.4. The van der Waals surface area contributed by atoms with Crippen molar-refractivity contribution in [2.75, 3.05) is 0 Å². The van der Waals surface area contributed by atoms with Crippen molar-refractivity contribution in [1.82, 2.24) is 29.4 Å². The Hall–Kier alpha value is -2.75. The van der Waals surface area contributed by atoms with Gasteiger partial charge in [0.15, 0.2) is 5.65 Å². The molecule has 0 spiro atoms. The van der Waals surface area contributed by atoms with Crippen molar-refractivity contribution in [1.29, 1.82) is 0 Å². The summed E-state index contributed by atoms with van der Waals surface area (Å²) in [5.74, 6) is -0.917. The van der Waals surface area contributed by atoms with Gasteiger partial charge in [-0.15, -0.1) is 5.10 Å². The van der Waals surface area contributed by atoms with Crippen molar-refractivity contribution in [2.24, 2.45) is 0 Å². The smallest absolute Gasteiger partial charge is 0.251 e.